The van der Waals surface area contributed by atoms with Crippen LogP contribution in [0.25, 0.3) is 0 Å². The molecule has 1 saturated heterocycles. The summed E-state index contributed by atoms with van der Waals surface area (Å²) in [5.41, 5.74) is -1.55. The Morgan fingerprint density at radius 3 is 2.29 bits per heavy atom. The van der Waals surface area contributed by atoms with Gasteiger partial charge in [0, 0.05) is 31.0 Å². The van der Waals surface area contributed by atoms with E-state index in [1.807, 2.05) is 0 Å². The number of ketones is 1. The van der Waals surface area contributed by atoms with Gasteiger partial charge in [-0.25, -0.2) is 17.5 Å². The third-order valence-electron chi connectivity index (χ3n) is 7.14. The number of nitrogens with one attached hydrogen (secondary N) is 1. The number of hydrogen-bond donors (Lipinski definition) is 1. The van der Waals surface area contributed by atoms with E-state index >= 15 is 0 Å². The van der Waals surface area contributed by atoms with Crippen LogP contribution in [0.15, 0.2) is 0 Å². The van der Waals surface area contributed by atoms with Gasteiger partial charge in [-0.1, -0.05) is 13.8 Å². The van der Waals surface area contributed by atoms with Crippen LogP contribution in [0.1, 0.15) is 66.7 Å². The maximum absolute atomic E-state index is 13.1. The average Bonchev–Trinajstić information content (AvgIpc) is 2.87. The van der Waals surface area contributed by atoms with Crippen molar-refractivity contribution in [2.24, 2.45) is 16.7 Å². The maximum Gasteiger partial charge on any atom is 0.407 e. The molecule has 0 spiro atoms. The van der Waals surface area contributed by atoms with Gasteiger partial charge >= 0.3 is 6.09 Å². The lowest BCUT2D eigenvalue weighted by atomic mass is 9.70. The van der Waals surface area contributed by atoms with E-state index in [4.69, 9.17) is 4.74 Å². The Morgan fingerprint density at radius 2 is 1.82 bits per heavy atom. The summed E-state index contributed by atoms with van der Waals surface area (Å²) in [6, 6.07) is -0.0973. The predicted octanol–water partition coefficient (Wildman–Crippen LogP) is 2.70. The van der Waals surface area contributed by atoms with Gasteiger partial charge in [0.1, 0.15) is 11.4 Å². The zero-order chi connectivity index (χ0) is 21.0. The number of Topliss-reactive ketones (excluding diaryl/α,β-unsaturated/α-hetero) is 1. The molecule has 3 rings (SSSR count). The van der Waals surface area contributed by atoms with Crippen molar-refractivity contribution in [2.45, 2.75) is 78.4 Å². The van der Waals surface area contributed by atoms with Crippen molar-refractivity contribution in [3.63, 3.8) is 0 Å². The van der Waals surface area contributed by atoms with Gasteiger partial charge in [-0.2, -0.15) is 0 Å². The zero-order valence-corrected chi connectivity index (χ0v) is 18.5. The Morgan fingerprint density at radius 1 is 1.21 bits per heavy atom. The van der Waals surface area contributed by atoms with Crippen molar-refractivity contribution in [2.75, 3.05) is 18.8 Å². The van der Waals surface area contributed by atoms with Crippen molar-refractivity contribution >= 4 is 21.9 Å². The van der Waals surface area contributed by atoms with Crippen molar-refractivity contribution in [3.8, 4) is 0 Å². The highest BCUT2D eigenvalue weighted by molar-refractivity contribution is 7.89. The van der Waals surface area contributed by atoms with Gasteiger partial charge in [0.2, 0.25) is 10.0 Å². The number of sulfonamides is 1. The summed E-state index contributed by atoms with van der Waals surface area (Å²) in [7, 11) is -3.53. The molecule has 3 aliphatic rings. The van der Waals surface area contributed by atoms with Crippen LogP contribution in [-0.4, -0.2) is 55.1 Å². The SMILES string of the molecule is CC(C)(C)OC(=O)NC1CCN(S(=O)(=O)C[C@]23CC[C@@H](CC2=O)C3(C)C)CC1. The van der Waals surface area contributed by atoms with Crippen LogP contribution in [0.2, 0.25) is 0 Å². The first-order valence-corrected chi connectivity index (χ1v) is 11.9. The van der Waals surface area contributed by atoms with E-state index < -0.39 is 27.1 Å². The molecule has 28 heavy (non-hydrogen) atoms. The Bertz CT molecular complexity index is 747. The number of carbonyl (C=O) groups is 2. The number of piperidine rings is 1. The molecule has 2 aliphatic carbocycles. The molecule has 0 unspecified atom stereocenters. The van der Waals surface area contributed by atoms with Gasteiger partial charge in [-0.05, 0) is 57.8 Å². The first-order chi connectivity index (χ1) is 12.8. The fraction of sp³-hybridized carbons (Fsp3) is 0.900. The quantitative estimate of drug-likeness (QED) is 0.763. The molecule has 1 amide bonds. The molecule has 2 atom stereocenters. The summed E-state index contributed by atoms with van der Waals surface area (Å²) in [6.45, 7) is 10.2. The number of carbonyl (C=O) groups excluding carboxylic acids is 2. The van der Waals surface area contributed by atoms with Crippen molar-refractivity contribution in [1.29, 1.82) is 0 Å². The third kappa shape index (κ3) is 3.82. The molecule has 0 aromatic carbocycles. The fourth-order valence-electron chi connectivity index (χ4n) is 5.26. The second-order valence-electron chi connectivity index (χ2n) is 10.2. The molecule has 160 valence electrons. The molecule has 0 radical (unpaired) electrons. The van der Waals surface area contributed by atoms with Gasteiger partial charge in [0.05, 0.1) is 5.75 Å². The van der Waals surface area contributed by atoms with E-state index in [-0.39, 0.29) is 23.0 Å². The second-order valence-corrected chi connectivity index (χ2v) is 12.2. The number of alkyl carbamates (subject to hydrolysis) is 1. The van der Waals surface area contributed by atoms with E-state index in [1.165, 1.54) is 4.31 Å². The number of nitrogens with zero attached hydrogens (tertiary/aromatic N) is 1. The molecule has 2 saturated carbocycles. The third-order valence-corrected chi connectivity index (χ3v) is 9.15. The lowest BCUT2D eigenvalue weighted by Crippen LogP contribution is -2.51. The van der Waals surface area contributed by atoms with Crippen molar-refractivity contribution in [3.05, 3.63) is 0 Å². The highest BCUT2D eigenvalue weighted by Gasteiger charge is 2.65. The lowest BCUT2D eigenvalue weighted by molar-refractivity contribution is -0.128. The number of amides is 1. The average molecular weight is 415 g/mol. The van der Waals surface area contributed by atoms with E-state index in [1.54, 1.807) is 20.8 Å². The van der Waals surface area contributed by atoms with E-state index in [9.17, 15) is 18.0 Å². The Labute approximate surface area is 168 Å². The van der Waals surface area contributed by atoms with Crippen LogP contribution in [0.5, 0.6) is 0 Å². The summed E-state index contributed by atoms with van der Waals surface area (Å²) in [5.74, 6) is 0.352. The maximum atomic E-state index is 13.1. The minimum Gasteiger partial charge on any atom is -0.444 e. The molecule has 1 aliphatic heterocycles. The van der Waals surface area contributed by atoms with Crippen molar-refractivity contribution < 1.29 is 22.7 Å². The Hall–Kier alpha value is -1.15. The molecule has 1 N–H and O–H groups in total. The molecule has 7 nitrogen and oxygen atoms in total. The topological polar surface area (TPSA) is 92.8 Å². The fourth-order valence-corrected chi connectivity index (χ4v) is 7.51. The molecule has 3 fully saturated rings. The highest BCUT2D eigenvalue weighted by atomic mass is 32.2. The van der Waals surface area contributed by atoms with Crippen LogP contribution in [-0.2, 0) is 19.6 Å². The molecule has 8 heteroatoms. The molecular formula is C20H34N2O5S. The van der Waals surface area contributed by atoms with Gasteiger partial charge in [-0.15, -0.1) is 0 Å². The van der Waals surface area contributed by atoms with Crippen molar-refractivity contribution in [1.82, 2.24) is 9.62 Å². The van der Waals surface area contributed by atoms with Crippen LogP contribution in [0, 0.1) is 16.7 Å². The number of fused-ring (bicyclic) bond motifs is 2. The van der Waals surface area contributed by atoms with Crippen LogP contribution in [0.3, 0.4) is 0 Å². The zero-order valence-electron chi connectivity index (χ0n) is 17.7. The molecule has 2 bridgehead atoms. The second kappa shape index (κ2) is 6.97. The Kier molecular flexibility index (Phi) is 5.37. The molecule has 0 aromatic rings. The molecular weight excluding hydrogens is 380 g/mol. The first kappa shape index (κ1) is 21.6. The summed E-state index contributed by atoms with van der Waals surface area (Å²) in [6.07, 6.45) is 2.76. The summed E-state index contributed by atoms with van der Waals surface area (Å²) >= 11 is 0. The standard InChI is InChI=1S/C20H34N2O5S/c1-18(2,3)27-17(24)21-15-7-10-22(11-8-15)28(25,26)13-20-9-6-14(12-16(20)23)19(20,4)5/h14-15H,6-13H2,1-5H3,(H,21,24)/t14-,20+/m0/s1. The van der Waals surface area contributed by atoms with E-state index in [0.29, 0.717) is 44.7 Å². The summed E-state index contributed by atoms with van der Waals surface area (Å²) in [5, 5.41) is 2.83. The highest BCUT2D eigenvalue weighted by Crippen LogP contribution is 2.64. The lowest BCUT2D eigenvalue weighted by Gasteiger charge is -2.39. The Balaban J connectivity index is 1.60. The van der Waals surface area contributed by atoms with Crippen LogP contribution >= 0.6 is 0 Å². The predicted molar refractivity (Wildman–Crippen MR) is 106 cm³/mol. The van der Waals surface area contributed by atoms with Crippen LogP contribution < -0.4 is 5.32 Å². The summed E-state index contributed by atoms with van der Waals surface area (Å²) < 4.78 is 33.0. The monoisotopic (exact) mass is 414 g/mol. The summed E-state index contributed by atoms with van der Waals surface area (Å²) in [4.78, 5) is 24.6. The van der Waals surface area contributed by atoms with Gasteiger partial charge in [0.15, 0.2) is 0 Å². The smallest absolute Gasteiger partial charge is 0.407 e. The van der Waals surface area contributed by atoms with Gasteiger partial charge in [0.25, 0.3) is 0 Å². The largest absolute Gasteiger partial charge is 0.444 e. The first-order valence-electron chi connectivity index (χ1n) is 10.3. The van der Waals surface area contributed by atoms with Gasteiger partial charge in [-0.3, -0.25) is 4.79 Å². The van der Waals surface area contributed by atoms with E-state index in [2.05, 4.69) is 19.2 Å². The van der Waals surface area contributed by atoms with Gasteiger partial charge < -0.3 is 10.1 Å². The minimum atomic E-state index is -3.53. The van der Waals surface area contributed by atoms with E-state index in [0.717, 1.165) is 6.42 Å². The molecule has 1 heterocycles. The normalized spacial score (nSPS) is 31.2. The molecule has 0 aromatic heterocycles. The number of rotatable bonds is 4. The minimum absolute atomic E-state index is 0.0769. The number of hydrogen-bond acceptors (Lipinski definition) is 5. The number of ether oxygens (including phenoxy) is 1. The van der Waals surface area contributed by atoms with Crippen LogP contribution in [0.4, 0.5) is 4.79 Å².